The summed E-state index contributed by atoms with van der Waals surface area (Å²) in [5, 5.41) is 3.71. The fourth-order valence-corrected chi connectivity index (χ4v) is 2.63. The van der Waals surface area contributed by atoms with Gasteiger partial charge in [-0.15, -0.1) is 0 Å². The highest BCUT2D eigenvalue weighted by Gasteiger charge is 2.42. The molecule has 2 nitrogen and oxygen atoms in total. The summed E-state index contributed by atoms with van der Waals surface area (Å²) >= 11 is 0. The molecule has 1 heterocycles. The highest BCUT2D eigenvalue weighted by molar-refractivity contribution is 5.14. The van der Waals surface area contributed by atoms with Gasteiger partial charge >= 0.3 is 0 Å². The number of benzene rings is 1. The van der Waals surface area contributed by atoms with E-state index in [-0.39, 0.29) is 0 Å². The van der Waals surface area contributed by atoms with Crippen LogP contribution in [-0.2, 0) is 6.54 Å². The van der Waals surface area contributed by atoms with E-state index in [0.717, 1.165) is 13.1 Å². The SMILES string of the molecule is c1ccc(CN2CCNC3(CC2)CC3)cc1. The molecule has 0 amide bonds. The number of rotatable bonds is 2. The molecule has 0 unspecified atom stereocenters. The van der Waals surface area contributed by atoms with E-state index in [4.69, 9.17) is 0 Å². The predicted molar refractivity (Wildman–Crippen MR) is 66.3 cm³/mol. The Bertz CT molecular complexity index is 343. The van der Waals surface area contributed by atoms with Gasteiger partial charge in [0.2, 0.25) is 0 Å². The van der Waals surface area contributed by atoms with E-state index >= 15 is 0 Å². The summed E-state index contributed by atoms with van der Waals surface area (Å²) in [7, 11) is 0. The standard InChI is InChI=1S/C14H20N2/c1-2-4-13(5-3-1)12-16-10-8-14(6-7-14)15-9-11-16/h1-5,15H,6-12H2. The van der Waals surface area contributed by atoms with Crippen LogP contribution in [0.15, 0.2) is 30.3 Å². The first-order chi connectivity index (χ1) is 7.86. The van der Waals surface area contributed by atoms with E-state index < -0.39 is 0 Å². The summed E-state index contributed by atoms with van der Waals surface area (Å²) in [6, 6.07) is 10.8. The lowest BCUT2D eigenvalue weighted by atomic mass is 10.1. The lowest BCUT2D eigenvalue weighted by molar-refractivity contribution is 0.281. The second-order valence-electron chi connectivity index (χ2n) is 5.22. The summed E-state index contributed by atoms with van der Waals surface area (Å²) in [5.41, 5.74) is 1.99. The molecular weight excluding hydrogens is 196 g/mol. The Morgan fingerprint density at radius 1 is 1.06 bits per heavy atom. The fraction of sp³-hybridized carbons (Fsp3) is 0.571. The van der Waals surface area contributed by atoms with E-state index in [2.05, 4.69) is 40.5 Å². The van der Waals surface area contributed by atoms with Crippen LogP contribution in [0.4, 0.5) is 0 Å². The topological polar surface area (TPSA) is 15.3 Å². The third-order valence-corrected chi connectivity index (χ3v) is 3.94. The molecule has 0 aromatic heterocycles. The van der Waals surface area contributed by atoms with E-state index in [1.54, 1.807) is 0 Å². The summed E-state index contributed by atoms with van der Waals surface area (Å²) in [4.78, 5) is 2.58. The minimum Gasteiger partial charge on any atom is -0.310 e. The largest absolute Gasteiger partial charge is 0.310 e. The Kier molecular flexibility index (Phi) is 2.70. The maximum atomic E-state index is 3.71. The summed E-state index contributed by atoms with van der Waals surface area (Å²) < 4.78 is 0. The van der Waals surface area contributed by atoms with Gasteiger partial charge < -0.3 is 5.32 Å². The Hall–Kier alpha value is -0.860. The van der Waals surface area contributed by atoms with E-state index in [9.17, 15) is 0 Å². The van der Waals surface area contributed by atoms with Crippen molar-refractivity contribution in [3.05, 3.63) is 35.9 Å². The molecule has 86 valence electrons. The Balaban J connectivity index is 1.59. The summed E-state index contributed by atoms with van der Waals surface area (Å²) in [6.45, 7) is 4.71. The average Bonchev–Trinajstić information content (AvgIpc) is 3.10. The molecule has 16 heavy (non-hydrogen) atoms. The van der Waals surface area contributed by atoms with Crippen molar-refractivity contribution in [2.75, 3.05) is 19.6 Å². The van der Waals surface area contributed by atoms with Crippen LogP contribution in [0.5, 0.6) is 0 Å². The maximum absolute atomic E-state index is 3.71. The molecule has 1 aliphatic carbocycles. The zero-order valence-electron chi connectivity index (χ0n) is 9.78. The van der Waals surface area contributed by atoms with Gasteiger partial charge in [0.1, 0.15) is 0 Å². The van der Waals surface area contributed by atoms with Crippen molar-refractivity contribution in [1.29, 1.82) is 0 Å². The second kappa shape index (κ2) is 4.19. The van der Waals surface area contributed by atoms with Crippen LogP contribution in [0.3, 0.4) is 0 Å². The van der Waals surface area contributed by atoms with Gasteiger partial charge in [0.15, 0.2) is 0 Å². The van der Waals surface area contributed by atoms with Crippen molar-refractivity contribution >= 4 is 0 Å². The molecule has 2 fully saturated rings. The number of nitrogens with one attached hydrogen (secondary N) is 1. The Morgan fingerprint density at radius 3 is 2.62 bits per heavy atom. The van der Waals surface area contributed by atoms with Crippen molar-refractivity contribution < 1.29 is 0 Å². The Morgan fingerprint density at radius 2 is 1.88 bits per heavy atom. The van der Waals surface area contributed by atoms with Crippen LogP contribution in [-0.4, -0.2) is 30.1 Å². The molecule has 1 aromatic rings. The minimum atomic E-state index is 0.547. The van der Waals surface area contributed by atoms with Crippen molar-refractivity contribution in [2.24, 2.45) is 0 Å². The maximum Gasteiger partial charge on any atom is 0.0234 e. The van der Waals surface area contributed by atoms with Gasteiger partial charge in [0.25, 0.3) is 0 Å². The molecule has 2 aliphatic rings. The van der Waals surface area contributed by atoms with E-state index in [1.807, 2.05) is 0 Å². The summed E-state index contributed by atoms with van der Waals surface area (Å²) in [5.74, 6) is 0. The zero-order valence-corrected chi connectivity index (χ0v) is 9.78. The minimum absolute atomic E-state index is 0.547. The number of hydrogen-bond acceptors (Lipinski definition) is 2. The van der Waals surface area contributed by atoms with Gasteiger partial charge in [-0.3, -0.25) is 4.90 Å². The first-order valence-electron chi connectivity index (χ1n) is 6.38. The number of hydrogen-bond donors (Lipinski definition) is 1. The molecule has 0 radical (unpaired) electrons. The van der Waals surface area contributed by atoms with Gasteiger partial charge in [-0.2, -0.15) is 0 Å². The van der Waals surface area contributed by atoms with Crippen LogP contribution in [0.1, 0.15) is 24.8 Å². The molecule has 1 saturated heterocycles. The monoisotopic (exact) mass is 216 g/mol. The molecule has 1 aliphatic heterocycles. The number of nitrogens with zero attached hydrogens (tertiary/aromatic N) is 1. The highest BCUT2D eigenvalue weighted by atomic mass is 15.2. The van der Waals surface area contributed by atoms with Crippen molar-refractivity contribution in [2.45, 2.75) is 31.3 Å². The highest BCUT2D eigenvalue weighted by Crippen LogP contribution is 2.39. The third-order valence-electron chi connectivity index (χ3n) is 3.94. The van der Waals surface area contributed by atoms with Crippen LogP contribution < -0.4 is 5.32 Å². The average molecular weight is 216 g/mol. The molecule has 1 aromatic carbocycles. The van der Waals surface area contributed by atoms with Crippen LogP contribution in [0, 0.1) is 0 Å². The molecule has 1 spiro atoms. The van der Waals surface area contributed by atoms with Crippen molar-refractivity contribution in [3.8, 4) is 0 Å². The molecule has 1 N–H and O–H groups in total. The third kappa shape index (κ3) is 2.28. The van der Waals surface area contributed by atoms with Gasteiger partial charge in [0.05, 0.1) is 0 Å². The van der Waals surface area contributed by atoms with Crippen LogP contribution in [0.2, 0.25) is 0 Å². The molecule has 2 heteroatoms. The van der Waals surface area contributed by atoms with Crippen LogP contribution >= 0.6 is 0 Å². The Labute approximate surface area is 97.6 Å². The molecular formula is C14H20N2. The van der Waals surface area contributed by atoms with Gasteiger partial charge in [-0.1, -0.05) is 30.3 Å². The normalized spacial score (nSPS) is 24.2. The lowest BCUT2D eigenvalue weighted by Crippen LogP contribution is -2.31. The van der Waals surface area contributed by atoms with E-state index in [0.29, 0.717) is 5.54 Å². The van der Waals surface area contributed by atoms with Crippen LogP contribution in [0.25, 0.3) is 0 Å². The quantitative estimate of drug-likeness (QED) is 0.813. The lowest BCUT2D eigenvalue weighted by Gasteiger charge is -2.19. The van der Waals surface area contributed by atoms with Crippen molar-refractivity contribution in [3.63, 3.8) is 0 Å². The molecule has 0 bridgehead atoms. The van der Waals surface area contributed by atoms with Gasteiger partial charge in [-0.25, -0.2) is 0 Å². The first kappa shape index (κ1) is 10.3. The predicted octanol–water partition coefficient (Wildman–Crippen LogP) is 2.01. The van der Waals surface area contributed by atoms with Gasteiger partial charge in [0, 0.05) is 31.7 Å². The summed E-state index contributed by atoms with van der Waals surface area (Å²) in [6.07, 6.45) is 4.12. The zero-order chi connectivity index (χ0) is 10.8. The van der Waals surface area contributed by atoms with E-state index in [1.165, 1.54) is 37.9 Å². The molecule has 3 rings (SSSR count). The smallest absolute Gasteiger partial charge is 0.0234 e. The van der Waals surface area contributed by atoms with Gasteiger partial charge in [-0.05, 0) is 24.8 Å². The molecule has 0 atom stereocenters. The van der Waals surface area contributed by atoms with Crippen molar-refractivity contribution in [1.82, 2.24) is 10.2 Å². The second-order valence-corrected chi connectivity index (χ2v) is 5.22. The fourth-order valence-electron chi connectivity index (χ4n) is 2.63. The molecule has 1 saturated carbocycles. The first-order valence-corrected chi connectivity index (χ1v) is 6.38.